The van der Waals surface area contributed by atoms with Crippen LogP contribution in [0.4, 0.5) is 5.95 Å². The first-order valence-electron chi connectivity index (χ1n) is 4.22. The van der Waals surface area contributed by atoms with Crippen LogP contribution in [0.1, 0.15) is 0 Å². The van der Waals surface area contributed by atoms with E-state index in [0.29, 0.717) is 0 Å². The lowest BCUT2D eigenvalue weighted by atomic mass is 10.5. The molecule has 0 fully saturated rings. The molecule has 0 aliphatic rings. The van der Waals surface area contributed by atoms with Crippen molar-refractivity contribution in [3.63, 3.8) is 0 Å². The number of rotatable bonds is 2. The normalized spacial score (nSPS) is 10.4. The summed E-state index contributed by atoms with van der Waals surface area (Å²) in [5.74, 6) is 0.253. The van der Waals surface area contributed by atoms with Crippen LogP contribution in [0.15, 0.2) is 43.5 Å². The third-order valence-corrected chi connectivity index (χ3v) is 3.90. The van der Waals surface area contributed by atoms with Crippen LogP contribution in [-0.2, 0) is 0 Å². The highest BCUT2D eigenvalue weighted by molar-refractivity contribution is 9.10. The zero-order valence-electron chi connectivity index (χ0n) is 7.89. The number of nitrogen functional groups attached to an aromatic ring is 1. The summed E-state index contributed by atoms with van der Waals surface area (Å²) in [6.45, 7) is 0. The molecule has 16 heavy (non-hydrogen) atoms. The summed E-state index contributed by atoms with van der Waals surface area (Å²) >= 11 is 8.12. The Labute approximate surface area is 113 Å². The second-order valence-corrected chi connectivity index (χ2v) is 5.58. The summed E-state index contributed by atoms with van der Waals surface area (Å²) in [5.41, 5.74) is 5.52. The third kappa shape index (κ3) is 2.93. The van der Waals surface area contributed by atoms with Crippen molar-refractivity contribution in [3.8, 4) is 0 Å². The van der Waals surface area contributed by atoms with Gasteiger partial charge in [0.05, 0.1) is 4.47 Å². The first kappa shape index (κ1) is 11.8. The lowest BCUT2D eigenvalue weighted by Gasteiger charge is -2.02. The fraction of sp³-hybridized carbons (Fsp3) is 0. The molecule has 0 unspecified atom stereocenters. The van der Waals surface area contributed by atoms with E-state index in [4.69, 9.17) is 5.73 Å². The summed E-state index contributed by atoms with van der Waals surface area (Å²) in [5, 5.41) is 1.60. The molecule has 0 radical (unpaired) electrons. The minimum atomic E-state index is 0.253. The highest BCUT2D eigenvalue weighted by Gasteiger charge is 2.06. The second kappa shape index (κ2) is 5.11. The fourth-order valence-electron chi connectivity index (χ4n) is 0.958. The highest BCUT2D eigenvalue weighted by Crippen LogP contribution is 2.30. The molecule has 82 valence electrons. The molecule has 2 heterocycles. The van der Waals surface area contributed by atoms with Gasteiger partial charge in [0.1, 0.15) is 10.1 Å². The number of aromatic nitrogens is 3. The van der Waals surface area contributed by atoms with Gasteiger partial charge in [-0.05, 0) is 55.8 Å². The molecule has 0 saturated carbocycles. The van der Waals surface area contributed by atoms with Gasteiger partial charge in [-0.2, -0.15) is 0 Å². The van der Waals surface area contributed by atoms with Crippen LogP contribution in [0.25, 0.3) is 0 Å². The van der Waals surface area contributed by atoms with Gasteiger partial charge in [-0.15, -0.1) is 0 Å². The Morgan fingerprint density at radius 2 is 1.94 bits per heavy atom. The first-order chi connectivity index (χ1) is 7.65. The van der Waals surface area contributed by atoms with Gasteiger partial charge in [-0.1, -0.05) is 0 Å². The molecule has 0 bridgehead atoms. The van der Waals surface area contributed by atoms with Crippen molar-refractivity contribution in [2.24, 2.45) is 0 Å². The average Bonchev–Trinajstić information content (AvgIpc) is 2.27. The van der Waals surface area contributed by atoms with Crippen LogP contribution < -0.4 is 5.73 Å². The van der Waals surface area contributed by atoms with E-state index < -0.39 is 0 Å². The van der Waals surface area contributed by atoms with Crippen molar-refractivity contribution in [3.05, 3.63) is 33.5 Å². The molecule has 0 spiro atoms. The number of hydrogen-bond acceptors (Lipinski definition) is 5. The Balaban J connectivity index is 2.26. The van der Waals surface area contributed by atoms with Gasteiger partial charge in [-0.3, -0.25) is 0 Å². The van der Waals surface area contributed by atoms with Crippen LogP contribution in [0.3, 0.4) is 0 Å². The summed E-state index contributed by atoms with van der Waals surface area (Å²) in [7, 11) is 0. The van der Waals surface area contributed by atoms with E-state index >= 15 is 0 Å². The number of nitrogens with zero attached hydrogens (tertiary/aromatic N) is 3. The van der Waals surface area contributed by atoms with Gasteiger partial charge in [0.25, 0.3) is 0 Å². The number of hydrogen-bond donors (Lipinski definition) is 1. The van der Waals surface area contributed by atoms with E-state index in [1.165, 1.54) is 11.8 Å². The summed E-state index contributed by atoms with van der Waals surface area (Å²) < 4.78 is 1.74. The highest BCUT2D eigenvalue weighted by atomic mass is 79.9. The molecule has 2 rings (SSSR count). The SMILES string of the molecule is Nc1ncc(Br)c(Sc2ccc(Br)cn2)n1. The molecule has 0 aliphatic heterocycles. The van der Waals surface area contributed by atoms with Crippen LogP contribution >= 0.6 is 43.6 Å². The molecule has 2 aromatic heterocycles. The largest absolute Gasteiger partial charge is 0.368 e. The van der Waals surface area contributed by atoms with Gasteiger partial charge in [0.15, 0.2) is 0 Å². The Bertz CT molecular complexity index is 503. The van der Waals surface area contributed by atoms with Crippen LogP contribution in [0.5, 0.6) is 0 Å². The van der Waals surface area contributed by atoms with E-state index in [1.54, 1.807) is 12.4 Å². The Kier molecular flexibility index (Phi) is 3.78. The van der Waals surface area contributed by atoms with Gasteiger partial charge >= 0.3 is 0 Å². The van der Waals surface area contributed by atoms with Gasteiger partial charge in [-0.25, -0.2) is 15.0 Å². The minimum Gasteiger partial charge on any atom is -0.368 e. The van der Waals surface area contributed by atoms with Gasteiger partial charge in [0, 0.05) is 16.9 Å². The number of pyridine rings is 1. The predicted octanol–water partition coefficient (Wildman–Crippen LogP) is 3.13. The maximum Gasteiger partial charge on any atom is 0.221 e. The van der Waals surface area contributed by atoms with E-state index in [1.807, 2.05) is 12.1 Å². The van der Waals surface area contributed by atoms with E-state index in [9.17, 15) is 0 Å². The fourth-order valence-corrected chi connectivity index (χ4v) is 2.35. The Hall–Kier alpha value is -0.660. The quantitative estimate of drug-likeness (QED) is 0.832. The van der Waals surface area contributed by atoms with Crippen molar-refractivity contribution >= 4 is 49.6 Å². The maximum absolute atomic E-state index is 5.52. The molecular formula is C9H6Br2N4S. The zero-order valence-corrected chi connectivity index (χ0v) is 11.9. The van der Waals surface area contributed by atoms with Crippen molar-refractivity contribution in [1.29, 1.82) is 0 Å². The van der Waals surface area contributed by atoms with Gasteiger partial charge < -0.3 is 5.73 Å². The first-order valence-corrected chi connectivity index (χ1v) is 6.63. The van der Waals surface area contributed by atoms with Crippen molar-refractivity contribution in [2.45, 2.75) is 10.1 Å². The average molecular weight is 362 g/mol. The molecule has 2 aromatic rings. The molecule has 0 amide bonds. The van der Waals surface area contributed by atoms with Crippen LogP contribution in [0.2, 0.25) is 0 Å². The number of anilines is 1. The van der Waals surface area contributed by atoms with Crippen molar-refractivity contribution in [2.75, 3.05) is 5.73 Å². The van der Waals surface area contributed by atoms with Crippen LogP contribution in [-0.4, -0.2) is 15.0 Å². The molecule has 0 saturated heterocycles. The Morgan fingerprint density at radius 3 is 2.62 bits per heavy atom. The minimum absolute atomic E-state index is 0.253. The second-order valence-electron chi connectivity index (χ2n) is 2.80. The number of nitrogens with two attached hydrogens (primary N) is 1. The molecule has 2 N–H and O–H groups in total. The topological polar surface area (TPSA) is 64.7 Å². The van der Waals surface area contributed by atoms with E-state index in [0.717, 1.165) is 19.0 Å². The van der Waals surface area contributed by atoms with E-state index in [-0.39, 0.29) is 5.95 Å². The number of halogens is 2. The van der Waals surface area contributed by atoms with Crippen LogP contribution in [0, 0.1) is 0 Å². The van der Waals surface area contributed by atoms with Crippen molar-refractivity contribution in [1.82, 2.24) is 15.0 Å². The van der Waals surface area contributed by atoms with Crippen molar-refractivity contribution < 1.29 is 0 Å². The van der Waals surface area contributed by atoms with E-state index in [2.05, 4.69) is 46.8 Å². The molecule has 0 aliphatic carbocycles. The smallest absolute Gasteiger partial charge is 0.221 e. The third-order valence-electron chi connectivity index (χ3n) is 1.63. The predicted molar refractivity (Wildman–Crippen MR) is 70.2 cm³/mol. The molecule has 0 aromatic carbocycles. The summed E-state index contributed by atoms with van der Waals surface area (Å²) in [4.78, 5) is 12.2. The lowest BCUT2D eigenvalue weighted by molar-refractivity contribution is 1.03. The standard InChI is InChI=1S/C9H6Br2N4S/c10-5-1-2-7(13-3-5)16-8-6(11)4-14-9(12)15-8/h1-4H,(H2,12,14,15). The molecule has 4 nitrogen and oxygen atoms in total. The van der Waals surface area contributed by atoms with Gasteiger partial charge in [0.2, 0.25) is 5.95 Å². The summed E-state index contributed by atoms with van der Waals surface area (Å²) in [6, 6.07) is 3.83. The zero-order chi connectivity index (χ0) is 11.5. The monoisotopic (exact) mass is 360 g/mol. The maximum atomic E-state index is 5.52. The molecular weight excluding hydrogens is 356 g/mol. The Morgan fingerprint density at radius 1 is 1.12 bits per heavy atom. The molecule has 0 atom stereocenters. The summed E-state index contributed by atoms with van der Waals surface area (Å²) in [6.07, 6.45) is 3.37. The molecule has 7 heteroatoms. The lowest BCUT2D eigenvalue weighted by Crippen LogP contribution is -1.95.